The monoisotopic (exact) mass is 430 g/mol. The lowest BCUT2D eigenvalue weighted by Crippen LogP contribution is -1.94. The molecular weight excluding hydrogens is 408 g/mol. The van der Waals surface area contributed by atoms with Gasteiger partial charge in [-0.2, -0.15) is 0 Å². The summed E-state index contributed by atoms with van der Waals surface area (Å²) in [7, 11) is 0. The van der Waals surface area contributed by atoms with Gasteiger partial charge in [0.25, 0.3) is 0 Å². The molecule has 0 aliphatic carbocycles. The highest BCUT2D eigenvalue weighted by molar-refractivity contribution is 7.75. The fraction of sp³-hybridized carbons (Fsp3) is 0.0909. The molecule has 0 spiro atoms. The van der Waals surface area contributed by atoms with Crippen molar-refractivity contribution >= 4 is 61.7 Å². The Hall–Kier alpha value is -2.15. The van der Waals surface area contributed by atoms with Gasteiger partial charge < -0.3 is 12.5 Å². The van der Waals surface area contributed by atoms with E-state index < -0.39 is 0 Å². The second-order valence-electron chi connectivity index (χ2n) is 5.42. The van der Waals surface area contributed by atoms with E-state index in [0.717, 1.165) is 33.0 Å². The molecule has 0 atom stereocenters. The topological polar surface area (TPSA) is 27.7 Å². The molecule has 3 aromatic carbocycles. The van der Waals surface area contributed by atoms with Gasteiger partial charge in [0, 0.05) is 66.2 Å². The molecule has 0 bridgehead atoms. The number of thiol groups is 3. The van der Waals surface area contributed by atoms with Gasteiger partial charge in [0.15, 0.2) is 11.5 Å². The van der Waals surface area contributed by atoms with Crippen LogP contribution >= 0.6 is 38.7 Å². The summed E-state index contributed by atoms with van der Waals surface area (Å²) in [6, 6.07) is 13.3. The molecule has 0 N–H and O–H groups in total. The fourth-order valence-electron chi connectivity index (χ4n) is 3.00. The fourth-order valence-corrected chi connectivity index (χ4v) is 3.55. The minimum absolute atomic E-state index is 0.535. The van der Waals surface area contributed by atoms with Gasteiger partial charge in [-0.3, -0.25) is 0 Å². The first-order valence-corrected chi connectivity index (χ1v) is 9.71. The van der Waals surface area contributed by atoms with Crippen LogP contribution < -0.4 is 12.5 Å². The average Bonchev–Trinajstić information content (AvgIpc) is 2.77. The Morgan fingerprint density at radius 1 is 0.750 bits per heavy atom. The molecule has 3 nitrogen and oxygen atoms in total. The van der Waals surface area contributed by atoms with E-state index in [0.29, 0.717) is 17.2 Å². The van der Waals surface area contributed by atoms with Gasteiger partial charge >= 0.3 is 0 Å². The Balaban J connectivity index is 0.00000136. The highest BCUT2D eigenvalue weighted by atomic mass is 32.1. The van der Waals surface area contributed by atoms with Gasteiger partial charge in [0.2, 0.25) is 0 Å². The van der Waals surface area contributed by atoms with E-state index in [9.17, 15) is 0 Å². The van der Waals surface area contributed by atoms with Crippen molar-refractivity contribution in [2.75, 3.05) is 0 Å². The minimum atomic E-state index is 0.535. The first-order chi connectivity index (χ1) is 13.7. The van der Waals surface area contributed by atoms with E-state index in [1.54, 1.807) is 12.2 Å². The van der Waals surface area contributed by atoms with Gasteiger partial charge in [-0.15, -0.1) is 0 Å². The molecule has 0 aliphatic rings. The zero-order valence-electron chi connectivity index (χ0n) is 15.7. The normalized spacial score (nSPS) is 9.89. The summed E-state index contributed by atoms with van der Waals surface area (Å²) in [5.41, 5.74) is 3.14. The molecule has 3 rings (SSSR count). The Bertz CT molecular complexity index is 1000. The van der Waals surface area contributed by atoms with Gasteiger partial charge in [-0.25, -0.2) is 0 Å². The second-order valence-corrected chi connectivity index (χ2v) is 5.97. The number of fused-ring (bicyclic) bond motifs is 1. The lowest BCUT2D eigenvalue weighted by molar-refractivity contribution is 0.647. The first kappa shape index (κ1) is 22.1. The number of hydrogen-bond acceptors (Lipinski definition) is 6. The molecule has 0 heterocycles. The quantitative estimate of drug-likeness (QED) is 0.279. The average molecular weight is 431 g/mol. The van der Waals surface area contributed by atoms with Crippen LogP contribution in [0.5, 0.6) is 17.2 Å². The Kier molecular flexibility index (Phi) is 8.23. The van der Waals surface area contributed by atoms with Gasteiger partial charge in [-0.05, 0) is 17.7 Å². The molecule has 3 aromatic rings. The summed E-state index contributed by atoms with van der Waals surface area (Å²) in [6.45, 7) is 11.7. The minimum Gasteiger partial charge on any atom is -0.428 e. The van der Waals surface area contributed by atoms with Crippen molar-refractivity contribution in [1.29, 1.82) is 0 Å². The zero-order valence-corrected chi connectivity index (χ0v) is 18.4. The van der Waals surface area contributed by atoms with E-state index in [4.69, 9.17) is 12.5 Å². The molecule has 0 saturated heterocycles. The molecule has 0 aliphatic heterocycles. The van der Waals surface area contributed by atoms with E-state index in [1.165, 1.54) is 0 Å². The van der Waals surface area contributed by atoms with Crippen LogP contribution in [0.1, 0.15) is 25.0 Å². The summed E-state index contributed by atoms with van der Waals surface area (Å²) in [5, 5.41) is 1.69. The van der Waals surface area contributed by atoms with Crippen LogP contribution in [0, 0.1) is 0 Å². The predicted molar refractivity (Wildman–Crippen MR) is 130 cm³/mol. The van der Waals surface area contributed by atoms with Gasteiger partial charge in [0.1, 0.15) is 5.75 Å². The molecule has 0 unspecified atom stereocenters. The van der Waals surface area contributed by atoms with Crippen LogP contribution in [-0.4, -0.2) is 0 Å². The maximum absolute atomic E-state index is 5.43. The number of hydrogen-bond donors (Lipinski definition) is 3. The maximum atomic E-state index is 5.43. The lowest BCUT2D eigenvalue weighted by Gasteiger charge is -2.17. The van der Waals surface area contributed by atoms with Crippen molar-refractivity contribution in [3.63, 3.8) is 0 Å². The first-order valence-electron chi connectivity index (χ1n) is 8.62. The van der Waals surface area contributed by atoms with Crippen LogP contribution in [-0.2, 0) is 0 Å². The van der Waals surface area contributed by atoms with Crippen LogP contribution in [0.2, 0.25) is 0 Å². The zero-order chi connectivity index (χ0) is 20.7. The highest BCUT2D eigenvalue weighted by Gasteiger charge is 2.20. The summed E-state index contributed by atoms with van der Waals surface area (Å²) >= 11 is 12.1. The number of rotatable bonds is 6. The highest BCUT2D eigenvalue weighted by Crippen LogP contribution is 2.47. The van der Waals surface area contributed by atoms with Crippen molar-refractivity contribution < 1.29 is 12.5 Å². The molecule has 6 heteroatoms. The molecule has 28 heavy (non-hydrogen) atoms. The van der Waals surface area contributed by atoms with E-state index in [-0.39, 0.29) is 0 Å². The third-order valence-corrected chi connectivity index (χ3v) is 4.74. The van der Waals surface area contributed by atoms with E-state index in [1.807, 2.05) is 56.3 Å². The molecule has 0 saturated carbocycles. The standard InChI is InChI=1S/C20H16O3S3.C2H6/c1-3-12-9-10-16(19(22-25)13(12)4-2)17-11-18(21-24)14-7-5-6-8-15(14)20(17)23-26;1-2/h3-11,24-26H,1-2H2;1-2H3. The second kappa shape index (κ2) is 10.4. The smallest absolute Gasteiger partial charge is 0.153 e. The molecule has 0 aromatic heterocycles. The van der Waals surface area contributed by atoms with Crippen LogP contribution in [0.4, 0.5) is 0 Å². The van der Waals surface area contributed by atoms with Crippen molar-refractivity contribution in [3.05, 3.63) is 66.7 Å². The summed E-state index contributed by atoms with van der Waals surface area (Å²) in [5.74, 6) is 1.70. The van der Waals surface area contributed by atoms with Crippen molar-refractivity contribution in [2.24, 2.45) is 0 Å². The molecular formula is C22H22O3S3. The molecule has 0 radical (unpaired) electrons. The van der Waals surface area contributed by atoms with Crippen molar-refractivity contribution in [2.45, 2.75) is 13.8 Å². The van der Waals surface area contributed by atoms with Crippen molar-refractivity contribution in [3.8, 4) is 28.4 Å². The van der Waals surface area contributed by atoms with E-state index >= 15 is 0 Å². The summed E-state index contributed by atoms with van der Waals surface area (Å²) in [4.78, 5) is 0. The molecule has 0 amide bonds. The third-order valence-electron chi connectivity index (χ3n) is 4.18. The maximum Gasteiger partial charge on any atom is 0.153 e. The summed E-state index contributed by atoms with van der Waals surface area (Å²) in [6.07, 6.45) is 3.43. The van der Waals surface area contributed by atoms with Crippen molar-refractivity contribution in [1.82, 2.24) is 0 Å². The number of benzene rings is 3. The third kappa shape index (κ3) is 3.99. The van der Waals surface area contributed by atoms with Gasteiger partial charge in [0.05, 0.1) is 0 Å². The molecule has 146 valence electrons. The predicted octanol–water partition coefficient (Wildman–Crippen LogP) is 7.49. The van der Waals surface area contributed by atoms with Crippen LogP contribution in [0.25, 0.3) is 34.1 Å². The Morgan fingerprint density at radius 3 is 1.93 bits per heavy atom. The van der Waals surface area contributed by atoms with Crippen LogP contribution in [0.3, 0.4) is 0 Å². The Morgan fingerprint density at radius 2 is 1.39 bits per heavy atom. The van der Waals surface area contributed by atoms with E-state index in [2.05, 4.69) is 51.9 Å². The Labute approximate surface area is 182 Å². The lowest BCUT2D eigenvalue weighted by atomic mass is 9.94. The largest absolute Gasteiger partial charge is 0.428 e. The van der Waals surface area contributed by atoms with Crippen LogP contribution in [0.15, 0.2) is 55.6 Å². The molecule has 0 fully saturated rings. The SMILES string of the molecule is C=Cc1ccc(-c2cc(OS)c3ccccc3c2OS)c(OS)c1C=C.CC. The summed E-state index contributed by atoms with van der Waals surface area (Å²) < 4.78 is 16.1. The van der Waals surface area contributed by atoms with Gasteiger partial charge in [-0.1, -0.05) is 69.5 Å².